The first-order chi connectivity index (χ1) is 20.7. The van der Waals surface area contributed by atoms with Crippen molar-refractivity contribution in [3.05, 3.63) is 113 Å². The fourth-order valence-electron chi connectivity index (χ4n) is 6.55. The molecule has 0 saturated heterocycles. The van der Waals surface area contributed by atoms with Gasteiger partial charge in [0.15, 0.2) is 0 Å². The van der Waals surface area contributed by atoms with Crippen LogP contribution in [0, 0.1) is 23.1 Å². The maximum absolute atomic E-state index is 14.3. The lowest BCUT2D eigenvalue weighted by molar-refractivity contribution is -0.142. The highest BCUT2D eigenvalue weighted by Crippen LogP contribution is 2.43. The summed E-state index contributed by atoms with van der Waals surface area (Å²) in [4.78, 5) is 42.6. The average Bonchev–Trinajstić information content (AvgIpc) is 3.45. The van der Waals surface area contributed by atoms with Crippen molar-refractivity contribution in [1.29, 1.82) is 0 Å². The standard InChI is InChI=1S/C36H40FN3O3/c1-24(2)20-29(36(35(38)43)18-7-8-19-36)33(41)39-31-17-16-27-12-4-6-15-32(27)40(34(31)42)23-26-11-9-10-25(21-26)22-28-13-3-5-14-30(28)37/h3-15,21,24,29,31H,16-20,22-23H2,1-2H3,(H2,38,43)(H,39,41)/t29-,31?/m0/s1. The summed E-state index contributed by atoms with van der Waals surface area (Å²) in [5.41, 5.74) is 9.24. The molecule has 3 aromatic carbocycles. The number of anilines is 1. The first kappa shape index (κ1) is 30.2. The van der Waals surface area contributed by atoms with Crippen LogP contribution in [-0.2, 0) is 33.8 Å². The molecular formula is C36H40FN3O3. The second-order valence-electron chi connectivity index (χ2n) is 12.3. The minimum atomic E-state index is -0.983. The maximum atomic E-state index is 14.3. The van der Waals surface area contributed by atoms with Gasteiger partial charge in [0.2, 0.25) is 17.7 Å². The Hall–Kier alpha value is -4.26. The lowest BCUT2D eigenvalue weighted by atomic mass is 9.69. The zero-order valence-corrected chi connectivity index (χ0v) is 24.9. The molecule has 0 bridgehead atoms. The molecule has 5 rings (SSSR count). The van der Waals surface area contributed by atoms with Gasteiger partial charge in [0.1, 0.15) is 11.9 Å². The third kappa shape index (κ3) is 6.56. The third-order valence-electron chi connectivity index (χ3n) is 8.86. The summed E-state index contributed by atoms with van der Waals surface area (Å²) < 4.78 is 14.3. The number of benzene rings is 3. The number of hydrogen-bond donors (Lipinski definition) is 2. The van der Waals surface area contributed by atoms with E-state index >= 15 is 0 Å². The molecule has 1 heterocycles. The second kappa shape index (κ2) is 12.9. The summed E-state index contributed by atoms with van der Waals surface area (Å²) in [5, 5.41) is 3.06. The van der Waals surface area contributed by atoms with Crippen LogP contribution in [0.2, 0.25) is 0 Å². The fraction of sp³-hybridized carbons (Fsp3) is 0.361. The number of hydrogen-bond acceptors (Lipinski definition) is 3. The van der Waals surface area contributed by atoms with Crippen LogP contribution < -0.4 is 16.0 Å². The Morgan fingerprint density at radius 2 is 1.70 bits per heavy atom. The van der Waals surface area contributed by atoms with Crippen molar-refractivity contribution in [1.82, 2.24) is 5.32 Å². The van der Waals surface area contributed by atoms with Crippen molar-refractivity contribution >= 4 is 23.4 Å². The molecular weight excluding hydrogens is 541 g/mol. The molecule has 3 amide bonds. The minimum absolute atomic E-state index is 0.162. The lowest BCUT2D eigenvalue weighted by Crippen LogP contribution is -2.54. The van der Waals surface area contributed by atoms with Crippen molar-refractivity contribution in [2.24, 2.45) is 23.0 Å². The molecule has 3 N–H and O–H groups in total. The van der Waals surface area contributed by atoms with Crippen LogP contribution in [0.4, 0.5) is 10.1 Å². The van der Waals surface area contributed by atoms with Crippen LogP contribution in [0.25, 0.3) is 0 Å². The SMILES string of the molecule is CC(C)C[C@@H](C(=O)NC1CCc2ccccc2N(Cc2cccc(Cc3ccccc3F)c2)C1=O)C1(C(N)=O)CC=CC1. The Labute approximate surface area is 253 Å². The number of primary amides is 1. The number of carbonyl (C=O) groups is 3. The highest BCUT2D eigenvalue weighted by molar-refractivity contribution is 6.01. The minimum Gasteiger partial charge on any atom is -0.369 e. The van der Waals surface area contributed by atoms with E-state index in [2.05, 4.69) is 5.32 Å². The molecule has 2 atom stereocenters. The van der Waals surface area contributed by atoms with E-state index < -0.39 is 23.3 Å². The van der Waals surface area contributed by atoms with Gasteiger partial charge in [-0.05, 0) is 72.4 Å². The zero-order valence-electron chi connectivity index (χ0n) is 24.9. The number of nitrogens with zero attached hydrogens (tertiary/aromatic N) is 1. The van der Waals surface area contributed by atoms with Crippen molar-refractivity contribution in [3.63, 3.8) is 0 Å². The summed E-state index contributed by atoms with van der Waals surface area (Å²) in [6, 6.07) is 21.7. The Morgan fingerprint density at radius 3 is 2.42 bits per heavy atom. The van der Waals surface area contributed by atoms with E-state index in [-0.39, 0.29) is 23.5 Å². The molecule has 0 fully saturated rings. The topological polar surface area (TPSA) is 92.5 Å². The summed E-state index contributed by atoms with van der Waals surface area (Å²) >= 11 is 0. The summed E-state index contributed by atoms with van der Waals surface area (Å²) in [7, 11) is 0. The van der Waals surface area contributed by atoms with Gasteiger partial charge in [0.05, 0.1) is 17.9 Å². The second-order valence-corrected chi connectivity index (χ2v) is 12.3. The Balaban J connectivity index is 1.41. The van der Waals surface area contributed by atoms with Crippen LogP contribution in [0.1, 0.15) is 61.8 Å². The predicted octanol–water partition coefficient (Wildman–Crippen LogP) is 5.86. The van der Waals surface area contributed by atoms with Crippen molar-refractivity contribution < 1.29 is 18.8 Å². The lowest BCUT2D eigenvalue weighted by Gasteiger charge is -2.36. The van der Waals surface area contributed by atoms with Gasteiger partial charge in [-0.1, -0.05) is 86.7 Å². The molecule has 1 aliphatic carbocycles. The first-order valence-electron chi connectivity index (χ1n) is 15.1. The van der Waals surface area contributed by atoms with Crippen LogP contribution in [0.3, 0.4) is 0 Å². The van der Waals surface area contributed by atoms with Crippen LogP contribution in [0.15, 0.2) is 84.9 Å². The molecule has 0 radical (unpaired) electrons. The van der Waals surface area contributed by atoms with Crippen molar-refractivity contribution in [3.8, 4) is 0 Å². The van der Waals surface area contributed by atoms with E-state index in [1.165, 1.54) is 6.07 Å². The highest BCUT2D eigenvalue weighted by atomic mass is 19.1. The molecule has 6 nitrogen and oxygen atoms in total. The quantitative estimate of drug-likeness (QED) is 0.294. The summed E-state index contributed by atoms with van der Waals surface area (Å²) in [5.74, 6) is -1.69. The maximum Gasteiger partial charge on any atom is 0.249 e. The number of halogens is 1. The van der Waals surface area contributed by atoms with E-state index in [1.807, 2.05) is 80.6 Å². The van der Waals surface area contributed by atoms with Gasteiger partial charge in [0.25, 0.3) is 0 Å². The van der Waals surface area contributed by atoms with E-state index in [1.54, 1.807) is 17.0 Å². The third-order valence-corrected chi connectivity index (χ3v) is 8.86. The number of carbonyl (C=O) groups excluding carboxylic acids is 3. The molecule has 0 saturated carbocycles. The number of allylic oxidation sites excluding steroid dienone is 2. The van der Waals surface area contributed by atoms with Crippen molar-refractivity contribution in [2.75, 3.05) is 4.90 Å². The molecule has 0 spiro atoms. The highest BCUT2D eigenvalue weighted by Gasteiger charge is 2.48. The number of amides is 3. The Morgan fingerprint density at radius 1 is 1.00 bits per heavy atom. The monoisotopic (exact) mass is 581 g/mol. The number of fused-ring (bicyclic) bond motifs is 1. The summed E-state index contributed by atoms with van der Waals surface area (Å²) in [6.45, 7) is 4.34. The molecule has 43 heavy (non-hydrogen) atoms. The average molecular weight is 582 g/mol. The van der Waals surface area contributed by atoms with Crippen molar-refractivity contribution in [2.45, 2.75) is 65.0 Å². The van der Waals surface area contributed by atoms with Gasteiger partial charge in [-0.15, -0.1) is 0 Å². The Bertz CT molecular complexity index is 1520. The van der Waals surface area contributed by atoms with E-state index in [0.717, 1.165) is 22.4 Å². The molecule has 1 unspecified atom stereocenters. The van der Waals surface area contributed by atoms with Gasteiger partial charge in [-0.2, -0.15) is 0 Å². The molecule has 2 aliphatic rings. The number of rotatable bonds is 10. The first-order valence-corrected chi connectivity index (χ1v) is 15.1. The predicted molar refractivity (Wildman–Crippen MR) is 166 cm³/mol. The van der Waals surface area contributed by atoms with Gasteiger partial charge in [0, 0.05) is 12.1 Å². The summed E-state index contributed by atoms with van der Waals surface area (Å²) in [6.07, 6.45) is 6.68. The molecule has 3 aromatic rings. The molecule has 1 aliphatic heterocycles. The number of aryl methyl sites for hydroxylation is 1. The number of para-hydroxylation sites is 1. The smallest absolute Gasteiger partial charge is 0.249 e. The zero-order chi connectivity index (χ0) is 30.6. The van der Waals surface area contributed by atoms with Gasteiger partial charge in [-0.3, -0.25) is 14.4 Å². The van der Waals surface area contributed by atoms with E-state index in [0.29, 0.717) is 50.6 Å². The largest absolute Gasteiger partial charge is 0.369 e. The van der Waals surface area contributed by atoms with Crippen LogP contribution in [-0.4, -0.2) is 23.8 Å². The number of nitrogens with one attached hydrogen (secondary N) is 1. The van der Waals surface area contributed by atoms with Gasteiger partial charge in [-0.25, -0.2) is 4.39 Å². The van der Waals surface area contributed by atoms with Gasteiger partial charge < -0.3 is 16.0 Å². The van der Waals surface area contributed by atoms with Crippen LogP contribution >= 0.6 is 0 Å². The molecule has 7 heteroatoms. The van der Waals surface area contributed by atoms with Crippen LogP contribution in [0.5, 0.6) is 0 Å². The van der Waals surface area contributed by atoms with E-state index in [4.69, 9.17) is 5.73 Å². The fourth-order valence-corrected chi connectivity index (χ4v) is 6.55. The molecule has 224 valence electrons. The number of nitrogens with two attached hydrogens (primary N) is 1. The van der Waals surface area contributed by atoms with E-state index in [9.17, 15) is 18.8 Å². The Kier molecular flexibility index (Phi) is 9.09. The molecule has 0 aromatic heterocycles. The normalized spacial score (nSPS) is 18.3. The van der Waals surface area contributed by atoms with Gasteiger partial charge >= 0.3 is 0 Å².